The first kappa shape index (κ1) is 8.87. The van der Waals surface area contributed by atoms with Gasteiger partial charge in [0.1, 0.15) is 5.75 Å². The third kappa shape index (κ3) is 1.68. The predicted molar refractivity (Wildman–Crippen MR) is 45.4 cm³/mol. The molecule has 4 heteroatoms. The quantitative estimate of drug-likeness (QED) is 0.704. The van der Waals surface area contributed by atoms with Crippen LogP contribution in [0.25, 0.3) is 0 Å². The van der Waals surface area contributed by atoms with E-state index in [9.17, 15) is 4.79 Å². The molecule has 3 nitrogen and oxygen atoms in total. The molecule has 12 heavy (non-hydrogen) atoms. The lowest BCUT2D eigenvalue weighted by Gasteiger charge is -2.03. The normalized spacial score (nSPS) is 9.50. The van der Waals surface area contributed by atoms with Gasteiger partial charge in [-0.05, 0) is 18.2 Å². The fourth-order valence-corrected chi connectivity index (χ4v) is 1.01. The SMILES string of the molecule is COc1cc(Cl)ccc1C([NH])=O. The molecule has 0 aromatic heterocycles. The van der Waals surface area contributed by atoms with E-state index in [2.05, 4.69) is 0 Å². The zero-order valence-corrected chi connectivity index (χ0v) is 7.18. The molecular formula is C8H7ClNO2. The molecule has 0 unspecified atom stereocenters. The second kappa shape index (κ2) is 3.45. The van der Waals surface area contributed by atoms with Crippen molar-refractivity contribution in [2.75, 3.05) is 7.11 Å². The first-order valence-corrected chi connectivity index (χ1v) is 3.62. The van der Waals surface area contributed by atoms with Crippen LogP contribution in [0, 0.1) is 0 Å². The lowest BCUT2D eigenvalue weighted by Crippen LogP contribution is -2.01. The molecule has 1 rings (SSSR count). The predicted octanol–water partition coefficient (Wildman–Crippen LogP) is 1.77. The standard InChI is InChI=1S/C8H7ClNO2/c1-12-7-4-5(9)2-3-6(7)8(10)11/h2-4,10H,1H3. The molecule has 0 heterocycles. The van der Waals surface area contributed by atoms with Gasteiger partial charge in [0.15, 0.2) is 0 Å². The number of amides is 1. The van der Waals surface area contributed by atoms with Crippen LogP contribution in [0.3, 0.4) is 0 Å². The molecule has 0 saturated heterocycles. The van der Waals surface area contributed by atoms with Crippen molar-refractivity contribution < 1.29 is 9.53 Å². The fourth-order valence-electron chi connectivity index (χ4n) is 0.853. The summed E-state index contributed by atoms with van der Waals surface area (Å²) >= 11 is 5.65. The van der Waals surface area contributed by atoms with Crippen LogP contribution < -0.4 is 10.5 Å². The van der Waals surface area contributed by atoms with Crippen molar-refractivity contribution in [2.45, 2.75) is 0 Å². The van der Waals surface area contributed by atoms with Gasteiger partial charge in [-0.25, -0.2) is 0 Å². The number of hydrogen-bond donors (Lipinski definition) is 0. The summed E-state index contributed by atoms with van der Waals surface area (Å²) in [6.07, 6.45) is 0. The van der Waals surface area contributed by atoms with E-state index >= 15 is 0 Å². The van der Waals surface area contributed by atoms with Gasteiger partial charge in [0.2, 0.25) is 0 Å². The van der Waals surface area contributed by atoms with Crippen molar-refractivity contribution in [3.8, 4) is 5.75 Å². The molecule has 0 aliphatic heterocycles. The van der Waals surface area contributed by atoms with Crippen LogP contribution in [0.5, 0.6) is 5.75 Å². The van der Waals surface area contributed by atoms with Gasteiger partial charge in [0, 0.05) is 5.02 Å². The average molecular weight is 185 g/mol. The van der Waals surface area contributed by atoms with Crippen molar-refractivity contribution in [1.82, 2.24) is 5.73 Å². The van der Waals surface area contributed by atoms with E-state index in [1.807, 2.05) is 0 Å². The highest BCUT2D eigenvalue weighted by molar-refractivity contribution is 6.30. The number of halogens is 1. The van der Waals surface area contributed by atoms with Gasteiger partial charge in [0.05, 0.1) is 12.7 Å². The van der Waals surface area contributed by atoms with Crippen molar-refractivity contribution in [2.24, 2.45) is 0 Å². The molecule has 0 spiro atoms. The van der Waals surface area contributed by atoms with Crippen LogP contribution >= 0.6 is 11.6 Å². The molecule has 0 saturated carbocycles. The summed E-state index contributed by atoms with van der Waals surface area (Å²) in [6, 6.07) is 4.52. The molecule has 0 aliphatic carbocycles. The van der Waals surface area contributed by atoms with Crippen LogP contribution in [-0.2, 0) is 0 Å². The van der Waals surface area contributed by atoms with Gasteiger partial charge in [0.25, 0.3) is 5.91 Å². The van der Waals surface area contributed by atoms with Crippen molar-refractivity contribution in [3.05, 3.63) is 28.8 Å². The molecule has 1 aromatic carbocycles. The molecule has 0 bridgehead atoms. The second-order valence-corrected chi connectivity index (χ2v) is 2.61. The Morgan fingerprint density at radius 2 is 2.25 bits per heavy atom. The lowest BCUT2D eigenvalue weighted by molar-refractivity contribution is 0.0989. The van der Waals surface area contributed by atoms with Gasteiger partial charge in [-0.1, -0.05) is 11.6 Å². The van der Waals surface area contributed by atoms with Crippen LogP contribution in [0.15, 0.2) is 18.2 Å². The highest BCUT2D eigenvalue weighted by Crippen LogP contribution is 2.22. The summed E-state index contributed by atoms with van der Waals surface area (Å²) in [6.45, 7) is 0. The Morgan fingerprint density at radius 3 is 2.75 bits per heavy atom. The van der Waals surface area contributed by atoms with E-state index in [0.717, 1.165) is 0 Å². The number of carbonyl (C=O) groups is 1. The number of hydrogen-bond acceptors (Lipinski definition) is 2. The summed E-state index contributed by atoms with van der Waals surface area (Å²) in [5, 5.41) is 0.483. The van der Waals surface area contributed by atoms with Crippen molar-refractivity contribution in [3.63, 3.8) is 0 Å². The topological polar surface area (TPSA) is 50.1 Å². The van der Waals surface area contributed by atoms with E-state index < -0.39 is 5.91 Å². The lowest BCUT2D eigenvalue weighted by atomic mass is 10.2. The van der Waals surface area contributed by atoms with Crippen LogP contribution in [-0.4, -0.2) is 13.0 Å². The van der Waals surface area contributed by atoms with E-state index in [1.54, 1.807) is 6.07 Å². The summed E-state index contributed by atoms with van der Waals surface area (Å²) in [5.74, 6) is -0.439. The Hall–Kier alpha value is -1.22. The van der Waals surface area contributed by atoms with Crippen molar-refractivity contribution >= 4 is 17.5 Å². The molecule has 1 amide bonds. The maximum absolute atomic E-state index is 10.7. The fraction of sp³-hybridized carbons (Fsp3) is 0.125. The summed E-state index contributed by atoms with van der Waals surface area (Å²) < 4.78 is 4.86. The Kier molecular flexibility index (Phi) is 2.55. The van der Waals surface area contributed by atoms with Crippen LogP contribution in [0.4, 0.5) is 0 Å². The number of methoxy groups -OCH3 is 1. The van der Waals surface area contributed by atoms with Gasteiger partial charge in [-0.2, -0.15) is 0 Å². The summed E-state index contributed by atoms with van der Waals surface area (Å²) in [5.41, 5.74) is 7.10. The maximum Gasteiger partial charge on any atom is 0.273 e. The highest BCUT2D eigenvalue weighted by atomic mass is 35.5. The summed E-state index contributed by atoms with van der Waals surface area (Å²) in [7, 11) is 1.43. The van der Waals surface area contributed by atoms with Gasteiger partial charge in [-0.15, -0.1) is 0 Å². The third-order valence-corrected chi connectivity index (χ3v) is 1.64. The first-order valence-electron chi connectivity index (χ1n) is 3.24. The number of ether oxygens (including phenoxy) is 1. The maximum atomic E-state index is 10.7. The van der Waals surface area contributed by atoms with E-state index in [0.29, 0.717) is 10.8 Å². The minimum atomic E-state index is -0.775. The van der Waals surface area contributed by atoms with E-state index in [-0.39, 0.29) is 5.56 Å². The Morgan fingerprint density at radius 1 is 1.58 bits per heavy atom. The van der Waals surface area contributed by atoms with Crippen LogP contribution in [0.1, 0.15) is 10.4 Å². The molecule has 63 valence electrons. The number of carbonyl (C=O) groups excluding carboxylic acids is 1. The summed E-state index contributed by atoms with van der Waals surface area (Å²) in [4.78, 5) is 10.7. The molecule has 0 fully saturated rings. The largest absolute Gasteiger partial charge is 0.496 e. The Labute approximate surface area is 75.1 Å². The number of benzene rings is 1. The molecular weight excluding hydrogens is 178 g/mol. The molecule has 1 aromatic rings. The zero-order valence-electron chi connectivity index (χ0n) is 6.43. The van der Waals surface area contributed by atoms with Gasteiger partial charge in [-0.3, -0.25) is 10.5 Å². The smallest absolute Gasteiger partial charge is 0.273 e. The monoisotopic (exact) mass is 184 g/mol. The third-order valence-electron chi connectivity index (χ3n) is 1.41. The Bertz CT molecular complexity index is 312. The molecule has 0 atom stereocenters. The number of nitrogens with one attached hydrogen (secondary N) is 1. The molecule has 1 radical (unpaired) electrons. The van der Waals surface area contributed by atoms with Crippen LogP contribution in [0.2, 0.25) is 5.02 Å². The first-order chi connectivity index (χ1) is 5.65. The molecule has 1 N–H and O–H groups in total. The van der Waals surface area contributed by atoms with Crippen molar-refractivity contribution in [1.29, 1.82) is 0 Å². The van der Waals surface area contributed by atoms with Gasteiger partial charge >= 0.3 is 0 Å². The zero-order chi connectivity index (χ0) is 9.14. The van der Waals surface area contributed by atoms with E-state index in [4.69, 9.17) is 22.1 Å². The minimum absolute atomic E-state index is 0.224. The van der Waals surface area contributed by atoms with E-state index in [1.165, 1.54) is 19.2 Å². The average Bonchev–Trinajstić information content (AvgIpc) is 2.03. The molecule has 0 aliphatic rings. The minimum Gasteiger partial charge on any atom is -0.496 e. The Balaban J connectivity index is 3.20. The highest BCUT2D eigenvalue weighted by Gasteiger charge is 2.08. The second-order valence-electron chi connectivity index (χ2n) is 2.17. The number of rotatable bonds is 2. The van der Waals surface area contributed by atoms with Gasteiger partial charge < -0.3 is 4.74 Å².